The highest BCUT2D eigenvalue weighted by Gasteiger charge is 2.26. The van der Waals surface area contributed by atoms with E-state index >= 15 is 0 Å². The monoisotopic (exact) mass is 505 g/mol. The molecule has 5 rings (SSSR count). The molecule has 0 bridgehead atoms. The van der Waals surface area contributed by atoms with Crippen LogP contribution in [0.15, 0.2) is 56.3 Å². The molecule has 1 saturated carbocycles. The highest BCUT2D eigenvalue weighted by atomic mass is 16.4. The van der Waals surface area contributed by atoms with Crippen LogP contribution in [0.1, 0.15) is 54.6 Å². The number of hydrogen-bond acceptors (Lipinski definition) is 6. The maximum Gasteiger partial charge on any atom is 0.336 e. The molecule has 8 nitrogen and oxygen atoms in total. The summed E-state index contributed by atoms with van der Waals surface area (Å²) >= 11 is 0. The summed E-state index contributed by atoms with van der Waals surface area (Å²) in [6, 6.07) is 10.7. The number of carbonyl (C=O) groups is 2. The second kappa shape index (κ2) is 11.3. The minimum absolute atomic E-state index is 0.0778. The molecule has 0 spiro atoms. The lowest BCUT2D eigenvalue weighted by atomic mass is 9.88. The zero-order chi connectivity index (χ0) is 25.8. The van der Waals surface area contributed by atoms with Crippen molar-refractivity contribution in [2.24, 2.45) is 5.92 Å². The van der Waals surface area contributed by atoms with E-state index in [-0.39, 0.29) is 17.4 Å². The average Bonchev–Trinajstić information content (AvgIpc) is 3.45. The maximum absolute atomic E-state index is 13.6. The third-order valence-corrected chi connectivity index (χ3v) is 7.75. The van der Waals surface area contributed by atoms with Gasteiger partial charge < -0.3 is 18.6 Å². The predicted molar refractivity (Wildman–Crippen MR) is 142 cm³/mol. The Morgan fingerprint density at radius 2 is 1.81 bits per heavy atom. The summed E-state index contributed by atoms with van der Waals surface area (Å²) in [6.07, 6.45) is 7.86. The Hall–Kier alpha value is -3.39. The van der Waals surface area contributed by atoms with E-state index in [1.807, 2.05) is 30.0 Å². The van der Waals surface area contributed by atoms with Crippen LogP contribution in [0.5, 0.6) is 0 Å². The van der Waals surface area contributed by atoms with Crippen LogP contribution in [0.3, 0.4) is 0 Å². The quantitative estimate of drug-likeness (QED) is 0.441. The van der Waals surface area contributed by atoms with Crippen molar-refractivity contribution < 1.29 is 18.4 Å². The number of benzene rings is 1. The number of nitrogens with zero attached hydrogens (tertiary/aromatic N) is 3. The molecule has 0 N–H and O–H groups in total. The van der Waals surface area contributed by atoms with Crippen LogP contribution in [-0.2, 0) is 4.79 Å². The third kappa shape index (κ3) is 5.96. The van der Waals surface area contributed by atoms with Crippen LogP contribution < -0.4 is 10.5 Å². The minimum atomic E-state index is -0.378. The van der Waals surface area contributed by atoms with Gasteiger partial charge in [0.2, 0.25) is 5.91 Å². The normalized spacial score (nSPS) is 17.3. The van der Waals surface area contributed by atoms with Crippen molar-refractivity contribution in [3.63, 3.8) is 0 Å². The number of rotatable bonds is 7. The van der Waals surface area contributed by atoms with Gasteiger partial charge >= 0.3 is 5.63 Å². The number of fused-ring (bicyclic) bond motifs is 1. The van der Waals surface area contributed by atoms with E-state index in [1.165, 1.54) is 31.6 Å². The number of aryl methyl sites for hydroxylation is 1. The van der Waals surface area contributed by atoms with E-state index in [9.17, 15) is 14.4 Å². The van der Waals surface area contributed by atoms with E-state index < -0.39 is 0 Å². The highest BCUT2D eigenvalue weighted by molar-refractivity contribution is 5.96. The molecule has 2 aromatic heterocycles. The van der Waals surface area contributed by atoms with E-state index in [0.717, 1.165) is 42.6 Å². The molecule has 0 unspecified atom stereocenters. The van der Waals surface area contributed by atoms with Crippen molar-refractivity contribution in [1.82, 2.24) is 9.80 Å². The van der Waals surface area contributed by atoms with Crippen LogP contribution in [0, 0.1) is 12.8 Å². The second-order valence-electron chi connectivity index (χ2n) is 10.3. The number of amides is 2. The summed E-state index contributed by atoms with van der Waals surface area (Å²) in [6.45, 7) is 5.90. The SMILES string of the molecule is Cc1cc(=O)oc2cc(N(CC3CCCCC3)C(=O)CCN3CCN(C(=O)c4ccco4)CC3)ccc12. The van der Waals surface area contributed by atoms with Gasteiger partial charge in [-0.15, -0.1) is 0 Å². The van der Waals surface area contributed by atoms with Crippen LogP contribution in [-0.4, -0.2) is 60.9 Å². The van der Waals surface area contributed by atoms with Gasteiger partial charge in [-0.3, -0.25) is 14.5 Å². The smallest absolute Gasteiger partial charge is 0.336 e. The van der Waals surface area contributed by atoms with Gasteiger partial charge in [0.25, 0.3) is 5.91 Å². The van der Waals surface area contributed by atoms with Crippen molar-refractivity contribution >= 4 is 28.5 Å². The molecule has 0 atom stereocenters. The first kappa shape index (κ1) is 25.3. The molecule has 1 aromatic carbocycles. The summed E-state index contributed by atoms with van der Waals surface area (Å²) in [7, 11) is 0. The summed E-state index contributed by atoms with van der Waals surface area (Å²) in [4.78, 5) is 44.0. The Balaban J connectivity index is 1.25. The average molecular weight is 506 g/mol. The maximum atomic E-state index is 13.6. The Morgan fingerprint density at radius 1 is 1.03 bits per heavy atom. The van der Waals surface area contributed by atoms with Crippen LogP contribution >= 0.6 is 0 Å². The number of piperazine rings is 1. The molecule has 3 aromatic rings. The van der Waals surface area contributed by atoms with Gasteiger partial charge in [-0.05, 0) is 55.5 Å². The molecule has 196 valence electrons. The van der Waals surface area contributed by atoms with Crippen molar-refractivity contribution in [3.05, 3.63) is 64.4 Å². The highest BCUT2D eigenvalue weighted by Crippen LogP contribution is 2.29. The third-order valence-electron chi connectivity index (χ3n) is 7.75. The standard InChI is InChI=1S/C29H35N3O5/c1-21-18-28(34)37-26-19-23(9-10-24(21)26)32(20-22-6-3-2-4-7-22)27(33)11-12-30-13-15-31(16-14-30)29(35)25-8-5-17-36-25/h5,8-10,17-19,22H,2-4,6-7,11-16,20H2,1H3. The van der Waals surface area contributed by atoms with Gasteiger partial charge in [0.15, 0.2) is 5.76 Å². The zero-order valence-electron chi connectivity index (χ0n) is 21.5. The molecule has 2 amide bonds. The van der Waals surface area contributed by atoms with E-state index in [4.69, 9.17) is 8.83 Å². The Morgan fingerprint density at radius 3 is 2.54 bits per heavy atom. The molecule has 1 saturated heterocycles. The van der Waals surface area contributed by atoms with Gasteiger partial charge in [0, 0.05) is 68.9 Å². The van der Waals surface area contributed by atoms with Gasteiger partial charge in [-0.1, -0.05) is 19.3 Å². The lowest BCUT2D eigenvalue weighted by molar-refractivity contribution is -0.119. The molecule has 0 radical (unpaired) electrons. The Labute approximate surface area is 216 Å². The lowest BCUT2D eigenvalue weighted by Crippen LogP contribution is -2.49. The van der Waals surface area contributed by atoms with Crippen molar-refractivity contribution in [2.45, 2.75) is 45.4 Å². The van der Waals surface area contributed by atoms with E-state index in [0.29, 0.717) is 49.9 Å². The van der Waals surface area contributed by atoms with Crippen molar-refractivity contribution in [1.29, 1.82) is 0 Å². The summed E-state index contributed by atoms with van der Waals surface area (Å²) < 4.78 is 10.7. The van der Waals surface area contributed by atoms with Crippen LogP contribution in [0.4, 0.5) is 5.69 Å². The molecule has 1 aliphatic heterocycles. The molecular weight excluding hydrogens is 470 g/mol. The molecule has 2 aliphatic rings. The van der Waals surface area contributed by atoms with Gasteiger partial charge in [0.1, 0.15) is 5.58 Å². The molecule has 3 heterocycles. The van der Waals surface area contributed by atoms with Gasteiger partial charge in [-0.25, -0.2) is 4.79 Å². The zero-order valence-corrected chi connectivity index (χ0v) is 21.5. The van der Waals surface area contributed by atoms with Crippen LogP contribution in [0.25, 0.3) is 11.0 Å². The van der Waals surface area contributed by atoms with Crippen molar-refractivity contribution in [2.75, 3.05) is 44.2 Å². The summed E-state index contributed by atoms with van der Waals surface area (Å²) in [5, 5.41) is 0.885. The Bertz CT molecular complexity index is 1280. The van der Waals surface area contributed by atoms with E-state index in [1.54, 1.807) is 17.0 Å². The predicted octanol–water partition coefficient (Wildman–Crippen LogP) is 4.46. The number of furan rings is 1. The topological polar surface area (TPSA) is 87.2 Å². The fraction of sp³-hybridized carbons (Fsp3) is 0.483. The number of hydrogen-bond donors (Lipinski definition) is 0. The van der Waals surface area contributed by atoms with Gasteiger partial charge in [0.05, 0.1) is 6.26 Å². The first-order chi connectivity index (χ1) is 18.0. The summed E-state index contributed by atoms with van der Waals surface area (Å²) in [5.41, 5.74) is 1.79. The number of anilines is 1. The second-order valence-corrected chi connectivity index (χ2v) is 10.3. The fourth-order valence-corrected chi connectivity index (χ4v) is 5.58. The molecule has 8 heteroatoms. The first-order valence-corrected chi connectivity index (χ1v) is 13.4. The van der Waals surface area contributed by atoms with Gasteiger partial charge in [-0.2, -0.15) is 0 Å². The largest absolute Gasteiger partial charge is 0.459 e. The first-order valence-electron chi connectivity index (χ1n) is 13.4. The Kier molecular flexibility index (Phi) is 7.74. The molecule has 37 heavy (non-hydrogen) atoms. The van der Waals surface area contributed by atoms with Crippen LogP contribution in [0.2, 0.25) is 0 Å². The number of carbonyl (C=O) groups excluding carboxylic acids is 2. The van der Waals surface area contributed by atoms with Crippen molar-refractivity contribution in [3.8, 4) is 0 Å². The summed E-state index contributed by atoms with van der Waals surface area (Å²) in [5.74, 6) is 0.837. The minimum Gasteiger partial charge on any atom is -0.459 e. The molecule has 1 aliphatic carbocycles. The molecular formula is C29H35N3O5. The van der Waals surface area contributed by atoms with E-state index in [2.05, 4.69) is 4.90 Å². The fourth-order valence-electron chi connectivity index (χ4n) is 5.58. The lowest BCUT2D eigenvalue weighted by Gasteiger charge is -2.35. The molecule has 2 fully saturated rings.